The lowest BCUT2D eigenvalue weighted by Crippen LogP contribution is -2.40. The first-order valence-electron chi connectivity index (χ1n) is 7.08. The van der Waals surface area contributed by atoms with Crippen LogP contribution < -0.4 is 5.32 Å². The fourth-order valence-corrected chi connectivity index (χ4v) is 2.75. The van der Waals surface area contributed by atoms with Gasteiger partial charge < -0.3 is 4.74 Å². The predicted octanol–water partition coefficient (Wildman–Crippen LogP) is 2.97. The largest absolute Gasteiger partial charge is 0.378 e. The molecule has 0 bridgehead atoms. The molecule has 3 nitrogen and oxygen atoms in total. The van der Waals surface area contributed by atoms with Crippen molar-refractivity contribution in [3.8, 4) is 6.07 Å². The Kier molecular flexibility index (Phi) is 4.95. The van der Waals surface area contributed by atoms with E-state index >= 15 is 0 Å². The summed E-state index contributed by atoms with van der Waals surface area (Å²) >= 11 is 0. The zero-order chi connectivity index (χ0) is 13.6. The van der Waals surface area contributed by atoms with Crippen LogP contribution in [0.4, 0.5) is 0 Å². The van der Waals surface area contributed by atoms with Crippen molar-refractivity contribution in [1.29, 1.82) is 5.26 Å². The van der Waals surface area contributed by atoms with E-state index in [9.17, 15) is 5.26 Å². The second-order valence-electron chi connectivity index (χ2n) is 5.16. The first-order chi connectivity index (χ1) is 9.30. The van der Waals surface area contributed by atoms with Crippen LogP contribution in [0.2, 0.25) is 0 Å². The van der Waals surface area contributed by atoms with Gasteiger partial charge in [-0.15, -0.1) is 0 Å². The molecular weight excluding hydrogens is 236 g/mol. The molecule has 1 N–H and O–H groups in total. The average Bonchev–Trinajstić information content (AvgIpc) is 2.98. The molecule has 0 saturated heterocycles. The SMILES string of the molecule is CNC(C#N)(CCOC1CCCC1)c1ccccc1. The summed E-state index contributed by atoms with van der Waals surface area (Å²) in [5, 5.41) is 12.7. The Balaban J connectivity index is 1.97. The Morgan fingerprint density at radius 3 is 2.58 bits per heavy atom. The number of rotatable bonds is 6. The van der Waals surface area contributed by atoms with Crippen LogP contribution in [0.15, 0.2) is 30.3 Å². The highest BCUT2D eigenvalue weighted by Gasteiger charge is 2.30. The molecule has 1 atom stereocenters. The number of nitrogens with one attached hydrogen (secondary N) is 1. The Labute approximate surface area is 115 Å². The fraction of sp³-hybridized carbons (Fsp3) is 0.562. The minimum atomic E-state index is -0.639. The third-order valence-corrected chi connectivity index (χ3v) is 4.02. The Morgan fingerprint density at radius 1 is 1.32 bits per heavy atom. The van der Waals surface area contributed by atoms with Crippen LogP contribution in [-0.4, -0.2) is 19.8 Å². The summed E-state index contributed by atoms with van der Waals surface area (Å²) in [6.07, 6.45) is 5.98. The van der Waals surface area contributed by atoms with Crippen LogP contribution in [0.5, 0.6) is 0 Å². The van der Waals surface area contributed by atoms with Gasteiger partial charge in [-0.25, -0.2) is 0 Å². The molecule has 0 amide bonds. The van der Waals surface area contributed by atoms with Crippen molar-refractivity contribution in [2.24, 2.45) is 0 Å². The van der Waals surface area contributed by atoms with Crippen molar-refractivity contribution in [3.05, 3.63) is 35.9 Å². The summed E-state index contributed by atoms with van der Waals surface area (Å²) in [7, 11) is 1.84. The molecule has 1 unspecified atom stereocenters. The molecule has 2 rings (SSSR count). The van der Waals surface area contributed by atoms with Gasteiger partial charge in [-0.05, 0) is 25.5 Å². The summed E-state index contributed by atoms with van der Waals surface area (Å²) in [5.74, 6) is 0. The summed E-state index contributed by atoms with van der Waals surface area (Å²) in [6.45, 7) is 0.633. The maximum atomic E-state index is 9.55. The van der Waals surface area contributed by atoms with E-state index in [1.165, 1.54) is 25.7 Å². The van der Waals surface area contributed by atoms with Crippen LogP contribution in [0.1, 0.15) is 37.7 Å². The molecule has 1 saturated carbocycles. The molecule has 19 heavy (non-hydrogen) atoms. The molecule has 0 aromatic heterocycles. The zero-order valence-corrected chi connectivity index (χ0v) is 11.6. The number of hydrogen-bond acceptors (Lipinski definition) is 3. The number of nitriles is 1. The van der Waals surface area contributed by atoms with Crippen LogP contribution in [0, 0.1) is 11.3 Å². The second kappa shape index (κ2) is 6.70. The first kappa shape index (κ1) is 14.0. The monoisotopic (exact) mass is 258 g/mol. The van der Waals surface area contributed by atoms with Gasteiger partial charge in [-0.1, -0.05) is 43.2 Å². The molecule has 1 aliphatic rings. The van der Waals surface area contributed by atoms with Gasteiger partial charge in [-0.2, -0.15) is 5.26 Å². The highest BCUT2D eigenvalue weighted by Crippen LogP contribution is 2.26. The van der Waals surface area contributed by atoms with Gasteiger partial charge in [-0.3, -0.25) is 5.32 Å². The van der Waals surface area contributed by atoms with E-state index in [0.717, 1.165) is 5.56 Å². The van der Waals surface area contributed by atoms with Gasteiger partial charge >= 0.3 is 0 Å². The predicted molar refractivity (Wildman–Crippen MR) is 75.6 cm³/mol. The molecule has 1 aliphatic carbocycles. The lowest BCUT2D eigenvalue weighted by atomic mass is 9.88. The van der Waals surface area contributed by atoms with Crippen LogP contribution in [0.3, 0.4) is 0 Å². The molecule has 0 heterocycles. The fourth-order valence-electron chi connectivity index (χ4n) is 2.75. The molecule has 0 spiro atoms. The smallest absolute Gasteiger partial charge is 0.134 e. The Bertz CT molecular complexity index is 420. The lowest BCUT2D eigenvalue weighted by molar-refractivity contribution is 0.0475. The van der Waals surface area contributed by atoms with E-state index in [-0.39, 0.29) is 0 Å². The summed E-state index contributed by atoms with van der Waals surface area (Å²) < 4.78 is 5.89. The number of hydrogen-bond donors (Lipinski definition) is 1. The maximum absolute atomic E-state index is 9.55. The van der Waals surface area contributed by atoms with Crippen LogP contribution in [-0.2, 0) is 10.3 Å². The van der Waals surface area contributed by atoms with Gasteiger partial charge in [0.2, 0.25) is 0 Å². The summed E-state index contributed by atoms with van der Waals surface area (Å²) in [4.78, 5) is 0. The van der Waals surface area contributed by atoms with E-state index in [4.69, 9.17) is 4.74 Å². The number of nitrogens with zero attached hydrogens (tertiary/aromatic N) is 1. The second-order valence-corrected chi connectivity index (χ2v) is 5.16. The molecule has 0 radical (unpaired) electrons. The molecule has 1 aromatic rings. The van der Waals surface area contributed by atoms with E-state index < -0.39 is 5.54 Å². The normalized spacial score (nSPS) is 18.9. The summed E-state index contributed by atoms with van der Waals surface area (Å²) in [5.41, 5.74) is 0.370. The van der Waals surface area contributed by atoms with Gasteiger partial charge in [0.15, 0.2) is 0 Å². The average molecular weight is 258 g/mol. The van der Waals surface area contributed by atoms with Crippen molar-refractivity contribution in [3.63, 3.8) is 0 Å². The van der Waals surface area contributed by atoms with E-state index in [1.54, 1.807) is 0 Å². The third-order valence-electron chi connectivity index (χ3n) is 4.02. The number of benzene rings is 1. The van der Waals surface area contributed by atoms with E-state index in [1.807, 2.05) is 37.4 Å². The standard InChI is InChI=1S/C16H22N2O/c1-18-16(13-17,14-7-3-2-4-8-14)11-12-19-15-9-5-6-10-15/h2-4,7-8,15,18H,5-6,9-12H2,1H3. The van der Waals surface area contributed by atoms with Crippen molar-refractivity contribution < 1.29 is 4.74 Å². The highest BCUT2D eigenvalue weighted by atomic mass is 16.5. The van der Waals surface area contributed by atoms with Crippen LogP contribution in [0.25, 0.3) is 0 Å². The van der Waals surface area contributed by atoms with Crippen molar-refractivity contribution in [2.45, 2.75) is 43.7 Å². The molecule has 3 heteroatoms. The minimum absolute atomic E-state index is 0.407. The van der Waals surface area contributed by atoms with Crippen molar-refractivity contribution >= 4 is 0 Å². The minimum Gasteiger partial charge on any atom is -0.378 e. The van der Waals surface area contributed by atoms with Gasteiger partial charge in [0.1, 0.15) is 5.54 Å². The van der Waals surface area contributed by atoms with Crippen molar-refractivity contribution in [2.75, 3.05) is 13.7 Å². The molecule has 0 aliphatic heterocycles. The van der Waals surface area contributed by atoms with Gasteiger partial charge in [0.05, 0.1) is 18.8 Å². The molecule has 1 fully saturated rings. The molecule has 1 aromatic carbocycles. The first-order valence-corrected chi connectivity index (χ1v) is 7.08. The Hall–Kier alpha value is -1.37. The van der Waals surface area contributed by atoms with Crippen molar-refractivity contribution in [1.82, 2.24) is 5.32 Å². The van der Waals surface area contributed by atoms with Gasteiger partial charge in [0, 0.05) is 6.42 Å². The highest BCUT2D eigenvalue weighted by molar-refractivity contribution is 5.31. The quantitative estimate of drug-likeness (QED) is 0.853. The van der Waals surface area contributed by atoms with E-state index in [2.05, 4.69) is 11.4 Å². The molecular formula is C16H22N2O. The Morgan fingerprint density at radius 2 is 2.00 bits per heavy atom. The van der Waals surface area contributed by atoms with E-state index in [0.29, 0.717) is 19.1 Å². The van der Waals surface area contributed by atoms with Crippen LogP contribution >= 0.6 is 0 Å². The zero-order valence-electron chi connectivity index (χ0n) is 11.6. The number of ether oxygens (including phenoxy) is 1. The lowest BCUT2D eigenvalue weighted by Gasteiger charge is -2.27. The summed E-state index contributed by atoms with van der Waals surface area (Å²) in [6, 6.07) is 12.3. The topological polar surface area (TPSA) is 45.0 Å². The third kappa shape index (κ3) is 3.34. The van der Waals surface area contributed by atoms with Gasteiger partial charge in [0.25, 0.3) is 0 Å². The maximum Gasteiger partial charge on any atom is 0.134 e. The molecule has 102 valence electrons.